The van der Waals surface area contributed by atoms with Crippen molar-refractivity contribution in [1.82, 2.24) is 5.32 Å². The highest BCUT2D eigenvalue weighted by Crippen LogP contribution is 2.36. The third-order valence-corrected chi connectivity index (χ3v) is 5.06. The minimum absolute atomic E-state index is 0.324. The molecule has 0 aromatic rings. The fourth-order valence-electron chi connectivity index (χ4n) is 2.99. The van der Waals surface area contributed by atoms with Gasteiger partial charge in [0.1, 0.15) is 0 Å². The molecule has 0 aliphatic heterocycles. The minimum Gasteiger partial charge on any atom is -0.327 e. The van der Waals surface area contributed by atoms with Crippen LogP contribution < -0.4 is 11.1 Å². The van der Waals surface area contributed by atoms with Crippen LogP contribution in [0.1, 0.15) is 66.2 Å². The van der Waals surface area contributed by atoms with Gasteiger partial charge < -0.3 is 11.1 Å². The first kappa shape index (κ1) is 14.0. The molecule has 2 heteroatoms. The zero-order valence-corrected chi connectivity index (χ0v) is 11.6. The van der Waals surface area contributed by atoms with Gasteiger partial charge in [0, 0.05) is 18.1 Å². The number of nitrogens with one attached hydrogen (secondary N) is 1. The molecular formula is C14H30N2. The van der Waals surface area contributed by atoms with E-state index in [-0.39, 0.29) is 0 Å². The highest BCUT2D eigenvalue weighted by Gasteiger charge is 2.37. The van der Waals surface area contributed by atoms with Crippen molar-refractivity contribution in [2.45, 2.75) is 77.8 Å². The van der Waals surface area contributed by atoms with E-state index in [9.17, 15) is 0 Å². The van der Waals surface area contributed by atoms with Crippen molar-refractivity contribution in [2.75, 3.05) is 6.54 Å². The third-order valence-electron chi connectivity index (χ3n) is 5.06. The van der Waals surface area contributed by atoms with Gasteiger partial charge in [-0.05, 0) is 37.5 Å². The van der Waals surface area contributed by atoms with Crippen molar-refractivity contribution in [2.24, 2.45) is 11.1 Å². The molecule has 1 fully saturated rings. The Morgan fingerprint density at radius 3 is 2.19 bits per heavy atom. The lowest BCUT2D eigenvalue weighted by molar-refractivity contribution is 0.207. The Morgan fingerprint density at radius 1 is 1.25 bits per heavy atom. The average Bonchev–Trinajstić information content (AvgIpc) is 2.63. The second kappa shape index (κ2) is 5.50. The van der Waals surface area contributed by atoms with Crippen LogP contribution in [-0.2, 0) is 0 Å². The molecule has 0 amide bonds. The van der Waals surface area contributed by atoms with Crippen LogP contribution >= 0.6 is 0 Å². The van der Waals surface area contributed by atoms with E-state index < -0.39 is 0 Å². The molecule has 96 valence electrons. The quantitative estimate of drug-likeness (QED) is 0.730. The smallest absolute Gasteiger partial charge is 0.0173 e. The van der Waals surface area contributed by atoms with E-state index in [1.165, 1.54) is 38.5 Å². The molecule has 0 aromatic heterocycles. The van der Waals surface area contributed by atoms with Crippen molar-refractivity contribution >= 4 is 0 Å². The first-order chi connectivity index (χ1) is 7.52. The summed E-state index contributed by atoms with van der Waals surface area (Å²) >= 11 is 0. The van der Waals surface area contributed by atoms with E-state index in [2.05, 4.69) is 33.0 Å². The molecular weight excluding hydrogens is 196 g/mol. The standard InChI is InChI=1S/C14H30N2/c1-5-14(6-2,7-3)16-11-13(4)10-8-9-12(13)15/h12,16H,5-11,15H2,1-4H3. The lowest BCUT2D eigenvalue weighted by Gasteiger charge is -2.38. The zero-order valence-electron chi connectivity index (χ0n) is 11.6. The van der Waals surface area contributed by atoms with Crippen molar-refractivity contribution in [3.63, 3.8) is 0 Å². The van der Waals surface area contributed by atoms with Crippen LogP contribution in [0, 0.1) is 5.41 Å². The molecule has 0 bridgehead atoms. The highest BCUT2D eigenvalue weighted by molar-refractivity contribution is 4.95. The first-order valence-corrected chi connectivity index (χ1v) is 7.02. The van der Waals surface area contributed by atoms with Crippen molar-refractivity contribution < 1.29 is 0 Å². The normalized spacial score (nSPS) is 30.9. The second-order valence-electron chi connectivity index (χ2n) is 5.85. The summed E-state index contributed by atoms with van der Waals surface area (Å²) in [4.78, 5) is 0. The van der Waals surface area contributed by atoms with E-state index in [1.54, 1.807) is 0 Å². The molecule has 3 N–H and O–H groups in total. The van der Waals surface area contributed by atoms with Crippen LogP contribution in [0.15, 0.2) is 0 Å². The summed E-state index contributed by atoms with van der Waals surface area (Å²) < 4.78 is 0. The molecule has 0 spiro atoms. The number of hydrogen-bond acceptors (Lipinski definition) is 2. The van der Waals surface area contributed by atoms with Crippen LogP contribution in [0.5, 0.6) is 0 Å². The van der Waals surface area contributed by atoms with E-state index in [4.69, 9.17) is 5.73 Å². The molecule has 1 rings (SSSR count). The van der Waals surface area contributed by atoms with E-state index >= 15 is 0 Å². The topological polar surface area (TPSA) is 38.0 Å². The fourth-order valence-corrected chi connectivity index (χ4v) is 2.99. The maximum atomic E-state index is 6.23. The van der Waals surface area contributed by atoms with Crippen molar-refractivity contribution in [3.05, 3.63) is 0 Å². The molecule has 1 saturated carbocycles. The molecule has 0 saturated heterocycles. The Hall–Kier alpha value is -0.0800. The lowest BCUT2D eigenvalue weighted by atomic mass is 9.82. The summed E-state index contributed by atoms with van der Waals surface area (Å²) in [5, 5.41) is 3.82. The Balaban J connectivity index is 2.55. The Morgan fingerprint density at radius 2 is 1.81 bits per heavy atom. The van der Waals surface area contributed by atoms with Gasteiger partial charge in [-0.15, -0.1) is 0 Å². The Labute approximate surface area is 101 Å². The van der Waals surface area contributed by atoms with Crippen molar-refractivity contribution in [3.8, 4) is 0 Å². The SMILES string of the molecule is CCC(CC)(CC)NCC1(C)CCCC1N. The predicted octanol–water partition coefficient (Wildman–Crippen LogP) is 3.06. The molecule has 1 aliphatic carbocycles. The molecule has 2 atom stereocenters. The number of rotatable bonds is 6. The zero-order chi connectivity index (χ0) is 12.2. The molecule has 0 radical (unpaired) electrons. The van der Waals surface area contributed by atoms with Gasteiger partial charge in [0.05, 0.1) is 0 Å². The van der Waals surface area contributed by atoms with Gasteiger partial charge >= 0.3 is 0 Å². The largest absolute Gasteiger partial charge is 0.327 e. The van der Waals surface area contributed by atoms with Gasteiger partial charge in [-0.1, -0.05) is 34.1 Å². The maximum Gasteiger partial charge on any atom is 0.0173 e. The molecule has 2 unspecified atom stereocenters. The minimum atomic E-state index is 0.324. The van der Waals surface area contributed by atoms with E-state index in [1.807, 2.05) is 0 Å². The summed E-state index contributed by atoms with van der Waals surface area (Å²) in [6, 6.07) is 0.392. The second-order valence-corrected chi connectivity index (χ2v) is 5.85. The Bertz CT molecular complexity index is 201. The van der Waals surface area contributed by atoms with Crippen LogP contribution in [0.2, 0.25) is 0 Å². The number of nitrogens with two attached hydrogens (primary N) is 1. The van der Waals surface area contributed by atoms with Gasteiger partial charge in [-0.3, -0.25) is 0 Å². The summed E-state index contributed by atoms with van der Waals surface area (Å²) in [5.74, 6) is 0. The summed E-state index contributed by atoms with van der Waals surface area (Å²) in [6.07, 6.45) is 7.43. The summed E-state index contributed by atoms with van der Waals surface area (Å²) in [6.45, 7) is 10.3. The van der Waals surface area contributed by atoms with Gasteiger partial charge in [0.2, 0.25) is 0 Å². The highest BCUT2D eigenvalue weighted by atomic mass is 15.0. The average molecular weight is 226 g/mol. The maximum absolute atomic E-state index is 6.23. The summed E-state index contributed by atoms with van der Waals surface area (Å²) in [7, 11) is 0. The summed E-state index contributed by atoms with van der Waals surface area (Å²) in [5.41, 5.74) is 6.89. The monoisotopic (exact) mass is 226 g/mol. The van der Waals surface area contributed by atoms with Gasteiger partial charge in [0.15, 0.2) is 0 Å². The van der Waals surface area contributed by atoms with Gasteiger partial charge in [0.25, 0.3) is 0 Å². The lowest BCUT2D eigenvalue weighted by Crippen LogP contribution is -2.51. The molecule has 0 aromatic carbocycles. The van der Waals surface area contributed by atoms with E-state index in [0.717, 1.165) is 6.54 Å². The van der Waals surface area contributed by atoms with Crippen LogP contribution in [0.3, 0.4) is 0 Å². The third kappa shape index (κ3) is 2.78. The van der Waals surface area contributed by atoms with E-state index in [0.29, 0.717) is 17.0 Å². The van der Waals surface area contributed by atoms with Crippen LogP contribution in [0.4, 0.5) is 0 Å². The molecule has 1 aliphatic rings. The molecule has 0 heterocycles. The van der Waals surface area contributed by atoms with Gasteiger partial charge in [-0.25, -0.2) is 0 Å². The fraction of sp³-hybridized carbons (Fsp3) is 1.00. The van der Waals surface area contributed by atoms with Crippen LogP contribution in [-0.4, -0.2) is 18.1 Å². The van der Waals surface area contributed by atoms with Crippen LogP contribution in [0.25, 0.3) is 0 Å². The number of hydrogen-bond donors (Lipinski definition) is 2. The van der Waals surface area contributed by atoms with Gasteiger partial charge in [-0.2, -0.15) is 0 Å². The Kier molecular flexibility index (Phi) is 4.81. The first-order valence-electron chi connectivity index (χ1n) is 7.02. The predicted molar refractivity (Wildman–Crippen MR) is 71.5 cm³/mol. The van der Waals surface area contributed by atoms with Crippen molar-refractivity contribution in [1.29, 1.82) is 0 Å². The molecule has 2 nitrogen and oxygen atoms in total. The molecule has 16 heavy (non-hydrogen) atoms.